The quantitative estimate of drug-likeness (QED) is 0.272. The lowest BCUT2D eigenvalue weighted by molar-refractivity contribution is 0.104. The van der Waals surface area contributed by atoms with Crippen LogP contribution in [0.3, 0.4) is 0 Å². The summed E-state index contributed by atoms with van der Waals surface area (Å²) in [6, 6.07) is 11.3. The molecule has 0 aliphatic carbocycles. The van der Waals surface area contributed by atoms with E-state index in [9.17, 15) is 9.59 Å². The summed E-state index contributed by atoms with van der Waals surface area (Å²) in [5.41, 5.74) is 3.41. The number of hydrogen-bond donors (Lipinski definition) is 0. The predicted molar refractivity (Wildman–Crippen MR) is 126 cm³/mol. The minimum atomic E-state index is -0.766. The van der Waals surface area contributed by atoms with Gasteiger partial charge in [0.2, 0.25) is 0 Å². The van der Waals surface area contributed by atoms with E-state index in [0.29, 0.717) is 11.5 Å². The van der Waals surface area contributed by atoms with Crippen molar-refractivity contribution in [2.24, 2.45) is 0 Å². The largest absolute Gasteiger partial charge is 0.514 e. The second-order valence-electron chi connectivity index (χ2n) is 7.32. The smallest absolute Gasteiger partial charge is 0.434 e. The van der Waals surface area contributed by atoms with Crippen LogP contribution < -0.4 is 9.47 Å². The molecule has 0 saturated carbocycles. The van der Waals surface area contributed by atoms with Crippen LogP contribution in [0, 0.1) is 13.8 Å². The van der Waals surface area contributed by atoms with Crippen molar-refractivity contribution >= 4 is 12.3 Å². The van der Waals surface area contributed by atoms with Gasteiger partial charge in [0.25, 0.3) is 0 Å². The zero-order valence-electron chi connectivity index (χ0n) is 19.5. The molecule has 0 heterocycles. The number of aryl methyl sites for hydroxylation is 2. The van der Waals surface area contributed by atoms with Crippen LogP contribution in [-0.4, -0.2) is 25.5 Å². The summed E-state index contributed by atoms with van der Waals surface area (Å²) in [4.78, 5) is 23.3. The highest BCUT2D eigenvalue weighted by atomic mass is 16.7. The second kappa shape index (κ2) is 12.3. The third kappa shape index (κ3) is 7.01. The minimum Gasteiger partial charge on any atom is -0.434 e. The van der Waals surface area contributed by atoms with Gasteiger partial charge in [0, 0.05) is 5.41 Å². The number of ether oxygens (including phenoxy) is 4. The van der Waals surface area contributed by atoms with Crippen LogP contribution in [0.15, 0.2) is 62.2 Å². The summed E-state index contributed by atoms with van der Waals surface area (Å²) in [6.45, 7) is 19.5. The Morgan fingerprint density at radius 1 is 0.875 bits per heavy atom. The molecule has 6 nitrogen and oxygen atoms in total. The van der Waals surface area contributed by atoms with Crippen molar-refractivity contribution in [3.8, 4) is 11.5 Å². The first-order chi connectivity index (χ1) is 15.2. The van der Waals surface area contributed by atoms with E-state index in [1.165, 1.54) is 6.08 Å². The minimum absolute atomic E-state index is 0.0955. The first-order valence-corrected chi connectivity index (χ1v) is 10.2. The lowest BCUT2D eigenvalue weighted by atomic mass is 9.77. The molecule has 0 fully saturated rings. The molecule has 0 aliphatic heterocycles. The van der Waals surface area contributed by atoms with Crippen LogP contribution >= 0.6 is 0 Å². The summed E-state index contributed by atoms with van der Waals surface area (Å²) < 4.78 is 20.2. The first kappa shape index (κ1) is 26.5. The fourth-order valence-corrected chi connectivity index (χ4v) is 2.96. The lowest BCUT2D eigenvalue weighted by Gasteiger charge is -2.27. The van der Waals surface area contributed by atoms with Crippen LogP contribution in [0.25, 0.3) is 0 Å². The number of carbonyl (C=O) groups is 2. The number of hydrogen-bond acceptors (Lipinski definition) is 6. The molecule has 2 rings (SSSR count). The maximum absolute atomic E-state index is 11.7. The first-order valence-electron chi connectivity index (χ1n) is 10.2. The maximum atomic E-state index is 11.7. The molecule has 0 bridgehead atoms. The molecule has 0 radical (unpaired) electrons. The van der Waals surface area contributed by atoms with Crippen molar-refractivity contribution in [1.29, 1.82) is 0 Å². The molecule has 0 atom stereocenters. The molecule has 2 aromatic carbocycles. The van der Waals surface area contributed by atoms with Gasteiger partial charge in [0.1, 0.15) is 18.1 Å². The average Bonchev–Trinajstić information content (AvgIpc) is 2.76. The fourth-order valence-electron chi connectivity index (χ4n) is 2.96. The third-order valence-corrected chi connectivity index (χ3v) is 4.76. The standard InChI is InChI=1S/C24H28O6.C2H4/c1-7-13-28-23(26)30-21-12-10-19(15-17(21)4)24(5,6)18-9-11-20(16(3)14-18)29-22(25)27-8-2;1-2/h7,9-12,14-15H,1,8,13H2,2-6H3;1-2H2. The maximum Gasteiger partial charge on any atom is 0.514 e. The van der Waals surface area contributed by atoms with E-state index in [4.69, 9.17) is 18.9 Å². The highest BCUT2D eigenvalue weighted by Crippen LogP contribution is 2.36. The molecule has 172 valence electrons. The zero-order valence-corrected chi connectivity index (χ0v) is 19.5. The Balaban J connectivity index is 0.00000249. The van der Waals surface area contributed by atoms with Gasteiger partial charge in [0.05, 0.1) is 6.61 Å². The molecule has 0 spiro atoms. The molecule has 0 saturated heterocycles. The number of rotatable bonds is 7. The van der Waals surface area contributed by atoms with E-state index in [0.717, 1.165) is 22.3 Å². The van der Waals surface area contributed by atoms with Gasteiger partial charge < -0.3 is 18.9 Å². The van der Waals surface area contributed by atoms with Gasteiger partial charge in [-0.2, -0.15) is 0 Å². The highest BCUT2D eigenvalue weighted by Gasteiger charge is 2.25. The Kier molecular flexibility index (Phi) is 10.2. The van der Waals surface area contributed by atoms with E-state index in [-0.39, 0.29) is 18.6 Å². The Morgan fingerprint density at radius 2 is 1.31 bits per heavy atom. The summed E-state index contributed by atoms with van der Waals surface area (Å²) in [6.07, 6.45) is -0.00613. The predicted octanol–water partition coefficient (Wildman–Crippen LogP) is 6.67. The van der Waals surface area contributed by atoms with Gasteiger partial charge in [-0.25, -0.2) is 9.59 Å². The van der Waals surface area contributed by atoms with Gasteiger partial charge in [-0.1, -0.05) is 50.8 Å². The van der Waals surface area contributed by atoms with E-state index in [1.54, 1.807) is 19.1 Å². The fraction of sp³-hybridized carbons (Fsp3) is 0.308. The molecule has 0 amide bonds. The molecule has 0 aromatic heterocycles. The molecular formula is C26H32O6. The molecule has 0 aliphatic rings. The van der Waals surface area contributed by atoms with Crippen LogP contribution in [-0.2, 0) is 14.9 Å². The second-order valence-corrected chi connectivity index (χ2v) is 7.32. The van der Waals surface area contributed by atoms with Gasteiger partial charge in [0.15, 0.2) is 0 Å². The molecule has 32 heavy (non-hydrogen) atoms. The molecule has 0 N–H and O–H groups in total. The van der Waals surface area contributed by atoms with Gasteiger partial charge in [-0.05, 0) is 55.2 Å². The molecular weight excluding hydrogens is 408 g/mol. The molecule has 0 unspecified atom stereocenters. The summed E-state index contributed by atoms with van der Waals surface area (Å²) >= 11 is 0. The average molecular weight is 441 g/mol. The van der Waals surface area contributed by atoms with Crippen LogP contribution in [0.5, 0.6) is 11.5 Å². The third-order valence-electron chi connectivity index (χ3n) is 4.76. The van der Waals surface area contributed by atoms with E-state index >= 15 is 0 Å². The van der Waals surface area contributed by atoms with Gasteiger partial charge in [-0.3, -0.25) is 0 Å². The Labute approximate surface area is 190 Å². The Hall–Kier alpha value is -3.54. The summed E-state index contributed by atoms with van der Waals surface area (Å²) in [5.74, 6) is 0.906. The van der Waals surface area contributed by atoms with E-state index in [1.807, 2.05) is 38.1 Å². The van der Waals surface area contributed by atoms with Crippen LogP contribution in [0.1, 0.15) is 43.0 Å². The van der Waals surface area contributed by atoms with Crippen LogP contribution in [0.2, 0.25) is 0 Å². The monoisotopic (exact) mass is 440 g/mol. The molecule has 2 aromatic rings. The van der Waals surface area contributed by atoms with Crippen molar-refractivity contribution in [1.82, 2.24) is 0 Å². The Morgan fingerprint density at radius 3 is 1.69 bits per heavy atom. The van der Waals surface area contributed by atoms with E-state index < -0.39 is 12.3 Å². The van der Waals surface area contributed by atoms with Crippen molar-refractivity contribution in [2.75, 3.05) is 13.2 Å². The Bertz CT molecular complexity index is 945. The number of benzene rings is 2. The van der Waals surface area contributed by atoms with Gasteiger partial charge >= 0.3 is 12.3 Å². The summed E-state index contributed by atoms with van der Waals surface area (Å²) in [7, 11) is 0. The normalized spacial score (nSPS) is 10.3. The molecule has 6 heteroatoms. The van der Waals surface area contributed by atoms with Gasteiger partial charge in [-0.15, -0.1) is 13.2 Å². The zero-order chi connectivity index (χ0) is 24.3. The van der Waals surface area contributed by atoms with Crippen molar-refractivity contribution in [3.63, 3.8) is 0 Å². The van der Waals surface area contributed by atoms with Crippen molar-refractivity contribution < 1.29 is 28.5 Å². The highest BCUT2D eigenvalue weighted by molar-refractivity contribution is 5.65. The topological polar surface area (TPSA) is 71.1 Å². The van der Waals surface area contributed by atoms with Crippen molar-refractivity contribution in [3.05, 3.63) is 84.5 Å². The van der Waals surface area contributed by atoms with E-state index in [2.05, 4.69) is 33.6 Å². The lowest BCUT2D eigenvalue weighted by Crippen LogP contribution is -2.20. The SMILES string of the molecule is C=C.C=CCOC(=O)Oc1ccc(C(C)(C)c2ccc(OC(=O)OCC)c(C)c2)cc1C. The van der Waals surface area contributed by atoms with Crippen molar-refractivity contribution in [2.45, 2.75) is 40.0 Å². The number of carbonyl (C=O) groups excluding carboxylic acids is 2. The van der Waals surface area contributed by atoms with Crippen LogP contribution in [0.4, 0.5) is 9.59 Å². The summed E-state index contributed by atoms with van der Waals surface area (Å²) in [5, 5.41) is 0.